The molecule has 0 unspecified atom stereocenters. The van der Waals surface area contributed by atoms with Crippen LogP contribution in [0.2, 0.25) is 0 Å². The van der Waals surface area contributed by atoms with Crippen LogP contribution >= 0.6 is 0 Å². The topological polar surface area (TPSA) is 55.8 Å². The lowest BCUT2D eigenvalue weighted by Crippen LogP contribution is -2.54. The fraction of sp³-hybridized carbons (Fsp3) is 0.643. The molecule has 0 spiro atoms. The maximum atomic E-state index is 12.0. The molecule has 0 amide bonds. The van der Waals surface area contributed by atoms with Crippen molar-refractivity contribution in [3.05, 3.63) is 24.3 Å². The van der Waals surface area contributed by atoms with Gasteiger partial charge in [0.2, 0.25) is 0 Å². The Balaban J connectivity index is 2.25. The molecule has 4 heteroatoms. The molecule has 4 nitrogen and oxygen atoms in total. The minimum Gasteiger partial charge on any atom is -0.392 e. The van der Waals surface area contributed by atoms with Crippen LogP contribution in [0.3, 0.4) is 0 Å². The molecule has 1 aliphatic heterocycles. The van der Waals surface area contributed by atoms with Gasteiger partial charge in [-0.2, -0.15) is 0 Å². The van der Waals surface area contributed by atoms with E-state index < -0.39 is 11.0 Å². The van der Waals surface area contributed by atoms with Crippen molar-refractivity contribution in [2.45, 2.75) is 38.9 Å². The van der Waals surface area contributed by atoms with Crippen LogP contribution in [0.1, 0.15) is 27.2 Å². The number of ketones is 1. The number of aliphatic hydroxyl groups excluding tert-OH is 1. The van der Waals surface area contributed by atoms with E-state index in [1.54, 1.807) is 24.3 Å². The SMILES string of the molecule is CC1(C)C(=O)C=C[C@@]2(C)OO[C@H](/C=C/CO)C[C@@H]12. The molecular formula is C14H20O4. The average molecular weight is 252 g/mol. The number of aliphatic hydroxyl groups is 1. The predicted octanol–water partition coefficient (Wildman–Crippen LogP) is 1.80. The summed E-state index contributed by atoms with van der Waals surface area (Å²) in [6.07, 6.45) is 7.27. The minimum absolute atomic E-state index is 0.0238. The van der Waals surface area contributed by atoms with Crippen molar-refractivity contribution in [1.29, 1.82) is 0 Å². The zero-order valence-corrected chi connectivity index (χ0v) is 11.1. The molecule has 0 aromatic heterocycles. The van der Waals surface area contributed by atoms with Crippen molar-refractivity contribution in [1.82, 2.24) is 0 Å². The lowest BCUT2D eigenvalue weighted by molar-refractivity contribution is -0.405. The first kappa shape index (κ1) is 13.5. The first-order valence-corrected chi connectivity index (χ1v) is 6.26. The number of rotatable bonds is 2. The maximum absolute atomic E-state index is 12.0. The van der Waals surface area contributed by atoms with Crippen LogP contribution in [-0.4, -0.2) is 29.2 Å². The van der Waals surface area contributed by atoms with Gasteiger partial charge in [0, 0.05) is 11.3 Å². The molecule has 0 bridgehead atoms. The van der Waals surface area contributed by atoms with Gasteiger partial charge < -0.3 is 5.11 Å². The van der Waals surface area contributed by atoms with Crippen molar-refractivity contribution in [3.8, 4) is 0 Å². The molecule has 0 saturated carbocycles. The van der Waals surface area contributed by atoms with Gasteiger partial charge in [-0.1, -0.05) is 26.0 Å². The Bertz CT molecular complexity index is 397. The van der Waals surface area contributed by atoms with E-state index in [1.165, 1.54) is 0 Å². The number of carbonyl (C=O) groups is 1. The van der Waals surface area contributed by atoms with E-state index in [9.17, 15) is 4.79 Å². The van der Waals surface area contributed by atoms with Crippen molar-refractivity contribution in [3.63, 3.8) is 0 Å². The second-order valence-corrected chi connectivity index (χ2v) is 5.72. The summed E-state index contributed by atoms with van der Waals surface area (Å²) < 4.78 is 0. The summed E-state index contributed by atoms with van der Waals surface area (Å²) in [6, 6.07) is 0. The monoisotopic (exact) mass is 252 g/mol. The Kier molecular flexibility index (Phi) is 3.45. The van der Waals surface area contributed by atoms with Gasteiger partial charge >= 0.3 is 0 Å². The molecule has 0 aromatic rings. The predicted molar refractivity (Wildman–Crippen MR) is 66.6 cm³/mol. The van der Waals surface area contributed by atoms with E-state index in [0.29, 0.717) is 6.42 Å². The Labute approximate surface area is 107 Å². The van der Waals surface area contributed by atoms with Crippen molar-refractivity contribution in [2.24, 2.45) is 11.3 Å². The highest BCUT2D eigenvalue weighted by Gasteiger charge is 2.53. The third-order valence-corrected chi connectivity index (χ3v) is 4.04. The summed E-state index contributed by atoms with van der Waals surface area (Å²) in [7, 11) is 0. The smallest absolute Gasteiger partial charge is 0.161 e. The number of allylic oxidation sites excluding steroid dienone is 1. The van der Waals surface area contributed by atoms with Crippen molar-refractivity contribution >= 4 is 5.78 Å². The molecule has 2 rings (SSSR count). The fourth-order valence-corrected chi connectivity index (χ4v) is 2.84. The normalized spacial score (nSPS) is 39.0. The summed E-state index contributed by atoms with van der Waals surface area (Å²) in [5, 5.41) is 8.78. The van der Waals surface area contributed by atoms with Gasteiger partial charge in [-0.05, 0) is 25.5 Å². The van der Waals surface area contributed by atoms with Gasteiger partial charge in [0.05, 0.1) is 6.61 Å². The maximum Gasteiger partial charge on any atom is 0.161 e. The highest BCUT2D eigenvalue weighted by Crippen LogP contribution is 2.48. The van der Waals surface area contributed by atoms with Crippen LogP contribution < -0.4 is 0 Å². The second-order valence-electron chi connectivity index (χ2n) is 5.72. The minimum atomic E-state index is -0.555. The first-order valence-electron chi connectivity index (χ1n) is 6.26. The van der Waals surface area contributed by atoms with Gasteiger partial charge in [0.25, 0.3) is 0 Å². The molecule has 0 aromatic carbocycles. The Morgan fingerprint density at radius 2 is 2.22 bits per heavy atom. The third kappa shape index (κ3) is 2.16. The molecule has 0 radical (unpaired) electrons. The van der Waals surface area contributed by atoms with E-state index in [-0.39, 0.29) is 24.4 Å². The lowest BCUT2D eigenvalue weighted by Gasteiger charge is -2.49. The third-order valence-electron chi connectivity index (χ3n) is 4.04. The number of hydrogen-bond donors (Lipinski definition) is 1. The zero-order valence-electron chi connectivity index (χ0n) is 11.1. The van der Waals surface area contributed by atoms with Gasteiger partial charge in [-0.25, -0.2) is 9.78 Å². The average Bonchev–Trinajstić information content (AvgIpc) is 2.33. The summed E-state index contributed by atoms with van der Waals surface area (Å²) in [4.78, 5) is 22.8. The molecule has 1 N–H and O–H groups in total. The van der Waals surface area contributed by atoms with E-state index in [0.717, 1.165) is 0 Å². The summed E-state index contributed by atoms with van der Waals surface area (Å²) in [5.41, 5.74) is -1.01. The lowest BCUT2D eigenvalue weighted by atomic mass is 9.62. The molecular weight excluding hydrogens is 232 g/mol. The van der Waals surface area contributed by atoms with Crippen LogP contribution in [0.5, 0.6) is 0 Å². The van der Waals surface area contributed by atoms with Crippen LogP contribution in [-0.2, 0) is 14.6 Å². The summed E-state index contributed by atoms with van der Waals surface area (Å²) in [5.74, 6) is 0.185. The highest BCUT2D eigenvalue weighted by molar-refractivity contribution is 5.95. The Morgan fingerprint density at radius 1 is 1.50 bits per heavy atom. The highest BCUT2D eigenvalue weighted by atomic mass is 17.2. The summed E-state index contributed by atoms with van der Waals surface area (Å²) in [6.45, 7) is 5.81. The molecule has 2 aliphatic rings. The molecule has 1 saturated heterocycles. The zero-order chi connectivity index (χ0) is 13.4. The van der Waals surface area contributed by atoms with Gasteiger partial charge in [-0.3, -0.25) is 4.79 Å². The van der Waals surface area contributed by atoms with E-state index >= 15 is 0 Å². The van der Waals surface area contributed by atoms with Gasteiger partial charge in [-0.15, -0.1) is 0 Å². The standard InChI is InChI=1S/C14H20O4/c1-13(2)11-9-10(5-4-8-15)17-18-14(11,3)7-6-12(13)16/h4-7,10-11,15H,8-9H2,1-3H3/b5-4+/t10-,11+,14-/m1/s1. The number of carbonyl (C=O) groups excluding carboxylic acids is 1. The van der Waals surface area contributed by atoms with E-state index in [2.05, 4.69) is 0 Å². The number of hydrogen-bond acceptors (Lipinski definition) is 4. The number of fused-ring (bicyclic) bond motifs is 1. The second kappa shape index (κ2) is 4.61. The fourth-order valence-electron chi connectivity index (χ4n) is 2.84. The molecule has 3 atom stereocenters. The summed E-state index contributed by atoms with van der Waals surface area (Å²) >= 11 is 0. The largest absolute Gasteiger partial charge is 0.392 e. The first-order chi connectivity index (χ1) is 8.40. The van der Waals surface area contributed by atoms with Crippen molar-refractivity contribution < 1.29 is 19.7 Å². The Morgan fingerprint density at radius 3 is 2.89 bits per heavy atom. The van der Waals surface area contributed by atoms with Crippen molar-refractivity contribution in [2.75, 3.05) is 6.61 Å². The van der Waals surface area contributed by atoms with E-state index in [1.807, 2.05) is 20.8 Å². The molecule has 18 heavy (non-hydrogen) atoms. The van der Waals surface area contributed by atoms with Gasteiger partial charge in [0.1, 0.15) is 11.7 Å². The van der Waals surface area contributed by atoms with Crippen LogP contribution in [0.25, 0.3) is 0 Å². The molecule has 100 valence electrons. The molecule has 1 fully saturated rings. The Hall–Kier alpha value is -0.970. The molecule has 1 aliphatic carbocycles. The van der Waals surface area contributed by atoms with Gasteiger partial charge in [0.15, 0.2) is 5.78 Å². The van der Waals surface area contributed by atoms with Crippen LogP contribution in [0, 0.1) is 11.3 Å². The van der Waals surface area contributed by atoms with Crippen LogP contribution in [0.4, 0.5) is 0 Å². The van der Waals surface area contributed by atoms with E-state index in [4.69, 9.17) is 14.9 Å². The quantitative estimate of drug-likeness (QED) is 0.601. The van der Waals surface area contributed by atoms with Crippen LogP contribution in [0.15, 0.2) is 24.3 Å². The molecule has 1 heterocycles.